The van der Waals surface area contributed by atoms with Crippen LogP contribution < -0.4 is 15.4 Å². The van der Waals surface area contributed by atoms with E-state index in [4.69, 9.17) is 10.5 Å². The summed E-state index contributed by atoms with van der Waals surface area (Å²) in [7, 11) is 1.60. The maximum Gasteiger partial charge on any atom is 0.283 e. The highest BCUT2D eigenvalue weighted by atomic mass is 32.2. The number of aliphatic imine (C=N–C) groups is 1. The molecule has 0 saturated carbocycles. The summed E-state index contributed by atoms with van der Waals surface area (Å²) in [6.07, 6.45) is 1.72. The molecule has 29 heavy (non-hydrogen) atoms. The molecule has 2 aromatic carbocycles. The number of rotatable bonds is 5. The molecule has 0 aliphatic carbocycles. The number of amidine groups is 1. The van der Waals surface area contributed by atoms with Crippen LogP contribution >= 0.6 is 11.8 Å². The van der Waals surface area contributed by atoms with E-state index in [9.17, 15) is 9.59 Å². The molecule has 1 atom stereocenters. The first-order valence-corrected chi connectivity index (χ1v) is 9.99. The molecule has 0 bridgehead atoms. The van der Waals surface area contributed by atoms with Crippen molar-refractivity contribution in [1.82, 2.24) is 0 Å². The van der Waals surface area contributed by atoms with Gasteiger partial charge in [0.2, 0.25) is 5.91 Å². The first-order chi connectivity index (χ1) is 13.8. The second-order valence-corrected chi connectivity index (χ2v) is 8.15. The van der Waals surface area contributed by atoms with Gasteiger partial charge in [-0.05, 0) is 67.8 Å². The van der Waals surface area contributed by atoms with Crippen molar-refractivity contribution >= 4 is 40.5 Å². The number of thioether (sulfide) groups is 1. The van der Waals surface area contributed by atoms with Crippen molar-refractivity contribution in [1.29, 1.82) is 0 Å². The summed E-state index contributed by atoms with van der Waals surface area (Å²) < 4.78 is 5.17. The molecule has 1 aliphatic heterocycles. The number of aryl methyl sites for hydroxylation is 2. The molecule has 2 N–H and O–H groups in total. The molecule has 6 nitrogen and oxygen atoms in total. The van der Waals surface area contributed by atoms with Crippen LogP contribution in [0.4, 0.5) is 5.69 Å². The molecule has 7 heteroatoms. The van der Waals surface area contributed by atoms with Gasteiger partial charge >= 0.3 is 0 Å². The third-order valence-corrected chi connectivity index (χ3v) is 5.47. The van der Waals surface area contributed by atoms with Gasteiger partial charge in [-0.2, -0.15) is 0 Å². The number of primary amides is 1. The van der Waals surface area contributed by atoms with Crippen LogP contribution in [0.15, 0.2) is 53.2 Å². The minimum atomic E-state index is -0.518. The van der Waals surface area contributed by atoms with Crippen LogP contribution in [0, 0.1) is 13.8 Å². The molecule has 1 aliphatic rings. The number of methoxy groups -OCH3 is 1. The number of benzene rings is 2. The molecule has 1 heterocycles. The average molecular weight is 410 g/mol. The van der Waals surface area contributed by atoms with Gasteiger partial charge in [0.15, 0.2) is 5.17 Å². The molecule has 0 radical (unpaired) electrons. The van der Waals surface area contributed by atoms with Gasteiger partial charge in [-0.3, -0.25) is 14.5 Å². The highest BCUT2D eigenvalue weighted by molar-refractivity contribution is 8.15. The van der Waals surface area contributed by atoms with Crippen LogP contribution in [0.2, 0.25) is 0 Å². The Morgan fingerprint density at radius 2 is 1.79 bits per heavy atom. The van der Waals surface area contributed by atoms with Crippen molar-refractivity contribution in [2.75, 3.05) is 12.0 Å². The van der Waals surface area contributed by atoms with E-state index in [1.165, 1.54) is 11.8 Å². The van der Waals surface area contributed by atoms with Crippen molar-refractivity contribution in [3.63, 3.8) is 0 Å². The second-order valence-electron chi connectivity index (χ2n) is 6.85. The highest BCUT2D eigenvalue weighted by Crippen LogP contribution is 2.32. The lowest BCUT2D eigenvalue weighted by molar-refractivity contribution is -0.117. The summed E-state index contributed by atoms with van der Waals surface area (Å²) in [6, 6.07) is 13.2. The normalized spacial score (nSPS) is 16.1. The van der Waals surface area contributed by atoms with E-state index in [0.29, 0.717) is 16.6 Å². The lowest BCUT2D eigenvalue weighted by Crippen LogP contribution is -2.33. The molecule has 3 rings (SSSR count). The summed E-state index contributed by atoms with van der Waals surface area (Å²) >= 11 is 1.17. The molecule has 2 aromatic rings. The van der Waals surface area contributed by atoms with Crippen molar-refractivity contribution in [3.8, 4) is 5.75 Å². The largest absolute Gasteiger partial charge is 0.497 e. The van der Waals surface area contributed by atoms with E-state index in [2.05, 4.69) is 4.99 Å². The summed E-state index contributed by atoms with van der Waals surface area (Å²) in [5.41, 5.74) is 9.33. The molecule has 1 unspecified atom stereocenters. The zero-order valence-electron chi connectivity index (χ0n) is 16.8. The summed E-state index contributed by atoms with van der Waals surface area (Å²) in [5.74, 6) is 0.0277. The number of nitrogens with two attached hydrogens (primary N) is 1. The Balaban J connectivity index is 2.02. The predicted octanol–water partition coefficient (Wildman–Crippen LogP) is 3.66. The predicted molar refractivity (Wildman–Crippen MR) is 118 cm³/mol. The lowest BCUT2D eigenvalue weighted by atomic mass is 10.1. The third-order valence-electron chi connectivity index (χ3n) is 4.40. The van der Waals surface area contributed by atoms with Gasteiger partial charge in [-0.25, -0.2) is 4.99 Å². The van der Waals surface area contributed by atoms with Crippen LogP contribution in [0.3, 0.4) is 0 Å². The number of anilines is 1. The van der Waals surface area contributed by atoms with Crippen LogP contribution in [-0.2, 0) is 9.59 Å². The Morgan fingerprint density at radius 3 is 2.34 bits per heavy atom. The number of hydrogen-bond acceptors (Lipinski definition) is 5. The number of carbonyl (C=O) groups excluding carboxylic acids is 2. The van der Waals surface area contributed by atoms with E-state index in [-0.39, 0.29) is 5.91 Å². The lowest BCUT2D eigenvalue weighted by Gasteiger charge is -2.20. The van der Waals surface area contributed by atoms with Gasteiger partial charge in [0, 0.05) is 0 Å². The molecule has 0 aromatic heterocycles. The van der Waals surface area contributed by atoms with Gasteiger partial charge in [0.05, 0.1) is 18.0 Å². The number of hydrogen-bond donors (Lipinski definition) is 1. The number of ether oxygens (including phenoxy) is 1. The van der Waals surface area contributed by atoms with Gasteiger partial charge in [0.25, 0.3) is 5.91 Å². The van der Waals surface area contributed by atoms with Crippen LogP contribution in [0.25, 0.3) is 6.08 Å². The highest BCUT2D eigenvalue weighted by Gasteiger charge is 2.34. The molecule has 0 saturated heterocycles. The Labute approximate surface area is 174 Å². The summed E-state index contributed by atoms with van der Waals surface area (Å²) in [5, 5.41) is -0.0821. The standard InChI is InChI=1S/C22H23N3O3S/c1-13-9-14(2)11-17(10-13)25-21(27)19(24-22(25)29-15(3)20(23)26)12-16-5-7-18(28-4)8-6-16/h5-12,15H,1-4H3,(H2,23,26)/b19-12-. The van der Waals surface area contributed by atoms with Crippen molar-refractivity contribution < 1.29 is 14.3 Å². The zero-order chi connectivity index (χ0) is 21.1. The van der Waals surface area contributed by atoms with Crippen LogP contribution in [0.1, 0.15) is 23.6 Å². The Hall–Kier alpha value is -3.06. The first-order valence-electron chi connectivity index (χ1n) is 9.11. The van der Waals surface area contributed by atoms with Gasteiger partial charge in [-0.15, -0.1) is 0 Å². The minimum absolute atomic E-state index is 0.245. The maximum absolute atomic E-state index is 13.2. The Bertz CT molecular complexity index is 992. The van der Waals surface area contributed by atoms with E-state index < -0.39 is 11.2 Å². The van der Waals surface area contributed by atoms with E-state index >= 15 is 0 Å². The van der Waals surface area contributed by atoms with Gasteiger partial charge in [0.1, 0.15) is 11.4 Å². The topological polar surface area (TPSA) is 85.0 Å². The summed E-state index contributed by atoms with van der Waals surface area (Å²) in [6.45, 7) is 5.65. The number of carbonyl (C=O) groups is 2. The minimum Gasteiger partial charge on any atom is -0.497 e. The van der Waals surface area contributed by atoms with Crippen molar-refractivity contribution in [2.24, 2.45) is 10.7 Å². The molecular formula is C22H23N3O3S. The summed E-state index contributed by atoms with van der Waals surface area (Å²) in [4.78, 5) is 30.8. The first kappa shape index (κ1) is 20.7. The number of amides is 2. The molecule has 150 valence electrons. The van der Waals surface area contributed by atoms with Crippen molar-refractivity contribution in [2.45, 2.75) is 26.0 Å². The average Bonchev–Trinajstić information content (AvgIpc) is 2.96. The van der Waals surface area contributed by atoms with Gasteiger partial charge in [-0.1, -0.05) is 30.0 Å². The Kier molecular flexibility index (Phi) is 6.08. The van der Waals surface area contributed by atoms with Crippen molar-refractivity contribution in [3.05, 3.63) is 64.9 Å². The third kappa shape index (κ3) is 4.68. The van der Waals surface area contributed by atoms with E-state index in [0.717, 1.165) is 22.4 Å². The van der Waals surface area contributed by atoms with E-state index in [1.807, 2.05) is 56.3 Å². The molecular weight excluding hydrogens is 386 g/mol. The Morgan fingerprint density at radius 1 is 1.17 bits per heavy atom. The van der Waals surface area contributed by atoms with Gasteiger partial charge < -0.3 is 10.5 Å². The fourth-order valence-electron chi connectivity index (χ4n) is 2.96. The second kappa shape index (κ2) is 8.53. The fraction of sp³-hybridized carbons (Fsp3) is 0.227. The SMILES string of the molecule is COc1ccc(/C=C2\N=C(SC(C)C(N)=O)N(c3cc(C)cc(C)c3)C2=O)cc1. The fourth-order valence-corrected chi connectivity index (χ4v) is 3.83. The van der Waals surface area contributed by atoms with Crippen LogP contribution in [0.5, 0.6) is 5.75 Å². The van der Waals surface area contributed by atoms with E-state index in [1.54, 1.807) is 25.0 Å². The smallest absolute Gasteiger partial charge is 0.283 e. The molecule has 0 spiro atoms. The quantitative estimate of drug-likeness (QED) is 0.764. The molecule has 2 amide bonds. The molecule has 0 fully saturated rings. The zero-order valence-corrected chi connectivity index (χ0v) is 17.6. The number of nitrogens with zero attached hydrogens (tertiary/aromatic N) is 2. The maximum atomic E-state index is 13.2. The van der Waals surface area contributed by atoms with Crippen LogP contribution in [-0.4, -0.2) is 29.3 Å². The monoisotopic (exact) mass is 409 g/mol.